The normalized spacial score (nSPS) is 13.6. The van der Waals surface area contributed by atoms with E-state index in [2.05, 4.69) is 5.32 Å². The monoisotopic (exact) mass is 519 g/mol. The Bertz CT molecular complexity index is 1270. The van der Waals surface area contributed by atoms with Crippen molar-refractivity contribution in [3.63, 3.8) is 0 Å². The van der Waals surface area contributed by atoms with E-state index in [1.54, 1.807) is 62.6 Å². The topological polar surface area (TPSA) is 79.0 Å². The van der Waals surface area contributed by atoms with Gasteiger partial charge in [-0.25, -0.2) is 0 Å². The highest BCUT2D eigenvalue weighted by molar-refractivity contribution is 6.30. The maximum Gasteiger partial charge on any atom is 0.262 e. The predicted molar refractivity (Wildman–Crippen MR) is 144 cm³/mol. The van der Waals surface area contributed by atoms with Gasteiger partial charge < -0.3 is 19.9 Å². The van der Waals surface area contributed by atoms with Gasteiger partial charge in [0.25, 0.3) is 17.7 Å². The van der Waals surface area contributed by atoms with Gasteiger partial charge in [-0.2, -0.15) is 0 Å². The molecule has 0 unspecified atom stereocenters. The summed E-state index contributed by atoms with van der Waals surface area (Å²) >= 11 is 5.93. The molecule has 0 aliphatic carbocycles. The summed E-state index contributed by atoms with van der Waals surface area (Å²) in [5.74, 6) is 0.446. The molecule has 3 aromatic carbocycles. The highest BCUT2D eigenvalue weighted by Crippen LogP contribution is 2.29. The van der Waals surface area contributed by atoms with Crippen LogP contribution in [-0.2, 0) is 4.79 Å². The molecular weight excluding hydrogens is 490 g/mol. The standard InChI is InChI=1S/C29H30ClN3O4/c1-32(2)28(35)22-5-3-6-23(17-22)29(36)33-15-13-21(14-16-33)20-9-11-25(12-10-20)31-27(34)19-37-26-8-4-7-24(30)18-26/h3-12,17-18,21H,13-16,19H2,1-2H3,(H,31,34). The van der Waals surface area contributed by atoms with Crippen LogP contribution in [0.4, 0.5) is 5.69 Å². The van der Waals surface area contributed by atoms with Crippen molar-refractivity contribution in [2.75, 3.05) is 39.1 Å². The number of halogens is 1. The van der Waals surface area contributed by atoms with Crippen LogP contribution in [0.1, 0.15) is 45.0 Å². The van der Waals surface area contributed by atoms with Crippen molar-refractivity contribution in [1.29, 1.82) is 0 Å². The zero-order chi connectivity index (χ0) is 26.4. The smallest absolute Gasteiger partial charge is 0.262 e. The van der Waals surface area contributed by atoms with E-state index >= 15 is 0 Å². The van der Waals surface area contributed by atoms with E-state index in [-0.39, 0.29) is 24.3 Å². The van der Waals surface area contributed by atoms with Gasteiger partial charge in [0.2, 0.25) is 0 Å². The maximum atomic E-state index is 13.0. The highest BCUT2D eigenvalue weighted by Gasteiger charge is 2.25. The molecule has 0 bridgehead atoms. The number of amides is 3. The first kappa shape index (κ1) is 26.2. The molecule has 1 fully saturated rings. The van der Waals surface area contributed by atoms with Crippen LogP contribution in [0.3, 0.4) is 0 Å². The van der Waals surface area contributed by atoms with Crippen LogP contribution >= 0.6 is 11.6 Å². The van der Waals surface area contributed by atoms with Crippen LogP contribution in [-0.4, -0.2) is 61.3 Å². The van der Waals surface area contributed by atoms with E-state index in [0.29, 0.717) is 46.6 Å². The molecule has 1 aliphatic rings. The molecule has 0 radical (unpaired) electrons. The Hall–Kier alpha value is -3.84. The van der Waals surface area contributed by atoms with Crippen molar-refractivity contribution in [3.8, 4) is 5.75 Å². The minimum Gasteiger partial charge on any atom is -0.484 e. The molecule has 8 heteroatoms. The molecule has 0 spiro atoms. The Morgan fingerprint density at radius 1 is 0.946 bits per heavy atom. The van der Waals surface area contributed by atoms with Crippen LogP contribution in [0.5, 0.6) is 5.75 Å². The fraction of sp³-hybridized carbons (Fsp3) is 0.276. The van der Waals surface area contributed by atoms with Crippen LogP contribution in [0.25, 0.3) is 0 Å². The number of anilines is 1. The Morgan fingerprint density at radius 3 is 2.30 bits per heavy atom. The Kier molecular flexibility index (Phi) is 8.46. The summed E-state index contributed by atoms with van der Waals surface area (Å²) in [6.45, 7) is 1.18. The van der Waals surface area contributed by atoms with Gasteiger partial charge in [0.1, 0.15) is 5.75 Å². The molecule has 1 aliphatic heterocycles. The third kappa shape index (κ3) is 6.89. The molecule has 0 saturated carbocycles. The number of ether oxygens (including phenoxy) is 1. The molecular formula is C29H30ClN3O4. The quantitative estimate of drug-likeness (QED) is 0.472. The molecule has 4 rings (SSSR count). The first-order valence-corrected chi connectivity index (χ1v) is 12.6. The van der Waals surface area contributed by atoms with Gasteiger partial charge in [0, 0.05) is 49.0 Å². The number of rotatable bonds is 7. The van der Waals surface area contributed by atoms with E-state index in [1.807, 2.05) is 29.2 Å². The van der Waals surface area contributed by atoms with Crippen molar-refractivity contribution >= 4 is 35.0 Å². The van der Waals surface area contributed by atoms with Crippen molar-refractivity contribution in [2.45, 2.75) is 18.8 Å². The van der Waals surface area contributed by atoms with Crippen LogP contribution < -0.4 is 10.1 Å². The number of carbonyl (C=O) groups excluding carboxylic acids is 3. The van der Waals surface area contributed by atoms with Crippen molar-refractivity contribution in [2.24, 2.45) is 0 Å². The van der Waals surface area contributed by atoms with E-state index in [1.165, 1.54) is 10.5 Å². The fourth-order valence-corrected chi connectivity index (χ4v) is 4.56. The van der Waals surface area contributed by atoms with Gasteiger partial charge >= 0.3 is 0 Å². The summed E-state index contributed by atoms with van der Waals surface area (Å²) in [5, 5.41) is 3.39. The average molecular weight is 520 g/mol. The first-order valence-electron chi connectivity index (χ1n) is 12.2. The molecule has 3 amide bonds. The second-order valence-electron chi connectivity index (χ2n) is 9.26. The van der Waals surface area contributed by atoms with Gasteiger partial charge in [-0.15, -0.1) is 0 Å². The van der Waals surface area contributed by atoms with E-state index in [4.69, 9.17) is 16.3 Å². The Balaban J connectivity index is 1.27. The van der Waals surface area contributed by atoms with E-state index in [9.17, 15) is 14.4 Å². The van der Waals surface area contributed by atoms with Gasteiger partial charge in [-0.05, 0) is 72.9 Å². The second kappa shape index (κ2) is 11.9. The third-order valence-corrected chi connectivity index (χ3v) is 6.61. The minimum absolute atomic E-state index is 0.0510. The number of nitrogens with one attached hydrogen (secondary N) is 1. The summed E-state index contributed by atoms with van der Waals surface area (Å²) in [6, 6.07) is 21.6. The summed E-state index contributed by atoms with van der Waals surface area (Å²) < 4.78 is 5.48. The van der Waals surface area contributed by atoms with Crippen molar-refractivity contribution in [1.82, 2.24) is 9.80 Å². The molecule has 1 N–H and O–H groups in total. The second-order valence-corrected chi connectivity index (χ2v) is 9.70. The summed E-state index contributed by atoms with van der Waals surface area (Å²) in [7, 11) is 3.39. The van der Waals surface area contributed by atoms with Gasteiger partial charge in [0.15, 0.2) is 6.61 Å². The lowest BCUT2D eigenvalue weighted by Gasteiger charge is -2.32. The third-order valence-electron chi connectivity index (χ3n) is 6.38. The van der Waals surface area contributed by atoms with Crippen molar-refractivity contribution in [3.05, 3.63) is 94.5 Å². The van der Waals surface area contributed by atoms with Crippen LogP contribution in [0.15, 0.2) is 72.8 Å². The molecule has 0 aromatic heterocycles. The molecule has 3 aromatic rings. The van der Waals surface area contributed by atoms with Crippen LogP contribution in [0, 0.1) is 0 Å². The average Bonchev–Trinajstić information content (AvgIpc) is 2.92. The lowest BCUT2D eigenvalue weighted by atomic mass is 9.89. The number of likely N-dealkylation sites (tertiary alicyclic amines) is 1. The number of piperidine rings is 1. The largest absolute Gasteiger partial charge is 0.484 e. The number of hydrogen-bond acceptors (Lipinski definition) is 4. The van der Waals surface area contributed by atoms with E-state index < -0.39 is 0 Å². The predicted octanol–water partition coefficient (Wildman–Crippen LogP) is 5.08. The zero-order valence-electron chi connectivity index (χ0n) is 20.9. The molecule has 0 atom stereocenters. The fourth-order valence-electron chi connectivity index (χ4n) is 4.38. The number of hydrogen-bond donors (Lipinski definition) is 1. The Morgan fingerprint density at radius 2 is 1.62 bits per heavy atom. The maximum absolute atomic E-state index is 13.0. The number of carbonyl (C=O) groups is 3. The SMILES string of the molecule is CN(C)C(=O)c1cccc(C(=O)N2CCC(c3ccc(NC(=O)COc4cccc(Cl)c4)cc3)CC2)c1. The lowest BCUT2D eigenvalue weighted by Crippen LogP contribution is -2.38. The van der Waals surface area contributed by atoms with E-state index in [0.717, 1.165) is 12.8 Å². The highest BCUT2D eigenvalue weighted by atomic mass is 35.5. The molecule has 192 valence electrons. The van der Waals surface area contributed by atoms with Crippen molar-refractivity contribution < 1.29 is 19.1 Å². The van der Waals surface area contributed by atoms with Gasteiger partial charge in [-0.3, -0.25) is 14.4 Å². The molecule has 1 heterocycles. The van der Waals surface area contributed by atoms with Crippen LogP contribution in [0.2, 0.25) is 5.02 Å². The van der Waals surface area contributed by atoms with Gasteiger partial charge in [-0.1, -0.05) is 35.9 Å². The summed E-state index contributed by atoms with van der Waals surface area (Å²) in [5.41, 5.74) is 2.92. The first-order chi connectivity index (χ1) is 17.8. The summed E-state index contributed by atoms with van der Waals surface area (Å²) in [4.78, 5) is 40.9. The number of benzene rings is 3. The zero-order valence-corrected chi connectivity index (χ0v) is 21.7. The molecule has 1 saturated heterocycles. The van der Waals surface area contributed by atoms with Gasteiger partial charge in [0.05, 0.1) is 0 Å². The number of nitrogens with zero attached hydrogens (tertiary/aromatic N) is 2. The Labute approximate surface area is 222 Å². The summed E-state index contributed by atoms with van der Waals surface area (Å²) in [6.07, 6.45) is 1.70. The minimum atomic E-state index is -0.254. The molecule has 7 nitrogen and oxygen atoms in total. The lowest BCUT2D eigenvalue weighted by molar-refractivity contribution is -0.118. The molecule has 37 heavy (non-hydrogen) atoms.